The van der Waals surface area contributed by atoms with Crippen LogP contribution in [0.2, 0.25) is 10.0 Å². The fourth-order valence-electron chi connectivity index (χ4n) is 2.98. The molecule has 1 N–H and O–H groups in total. The number of benzene rings is 2. The Kier molecular flexibility index (Phi) is 6.52. The van der Waals surface area contributed by atoms with Crippen LogP contribution in [-0.2, 0) is 0 Å². The second-order valence-electron chi connectivity index (χ2n) is 7.07. The number of guanidine groups is 1. The molecular formula is C21H20Cl2N6S2. The quantitative estimate of drug-likeness (QED) is 0.317. The number of hydrazone groups is 1. The number of hydrogen-bond donors (Lipinski definition) is 1. The zero-order valence-corrected chi connectivity index (χ0v) is 20.5. The lowest BCUT2D eigenvalue weighted by Crippen LogP contribution is -2.32. The Morgan fingerprint density at radius 2 is 1.81 bits per heavy atom. The van der Waals surface area contributed by atoms with Gasteiger partial charge in [-0.25, -0.2) is 5.01 Å². The maximum atomic E-state index is 6.29. The van der Waals surface area contributed by atoms with E-state index in [2.05, 4.69) is 41.5 Å². The molecule has 0 saturated heterocycles. The molecule has 1 aliphatic rings. The highest BCUT2D eigenvalue weighted by Gasteiger charge is 2.31. The minimum atomic E-state index is -0.151. The number of aryl methyl sites for hydroxylation is 3. The van der Waals surface area contributed by atoms with Gasteiger partial charge in [-0.1, -0.05) is 58.4 Å². The van der Waals surface area contributed by atoms with E-state index in [0.29, 0.717) is 21.1 Å². The van der Waals surface area contributed by atoms with Crippen molar-refractivity contribution in [1.29, 1.82) is 0 Å². The third-order valence-corrected chi connectivity index (χ3v) is 7.27. The molecule has 6 nitrogen and oxygen atoms in total. The van der Waals surface area contributed by atoms with Gasteiger partial charge in [0.2, 0.25) is 11.1 Å². The highest BCUT2D eigenvalue weighted by molar-refractivity contribution is 8.14. The fraction of sp³-hybridized carbons (Fsp3) is 0.238. The minimum Gasteiger partial charge on any atom is -0.324 e. The lowest BCUT2D eigenvalue weighted by molar-refractivity contribution is 0.438. The molecule has 4 rings (SSSR count). The summed E-state index contributed by atoms with van der Waals surface area (Å²) in [4.78, 5) is 4.76. The molecule has 10 heteroatoms. The van der Waals surface area contributed by atoms with Crippen molar-refractivity contribution in [1.82, 2.24) is 15.2 Å². The first-order valence-electron chi connectivity index (χ1n) is 9.49. The lowest BCUT2D eigenvalue weighted by Gasteiger charge is -2.25. The van der Waals surface area contributed by atoms with Gasteiger partial charge >= 0.3 is 0 Å². The summed E-state index contributed by atoms with van der Waals surface area (Å²) in [6.45, 7) is 8.04. The van der Waals surface area contributed by atoms with Gasteiger partial charge in [0.15, 0.2) is 0 Å². The molecule has 0 spiro atoms. The lowest BCUT2D eigenvalue weighted by atomic mass is 10.1. The summed E-state index contributed by atoms with van der Waals surface area (Å²) in [6, 6.07) is 11.8. The molecule has 0 amide bonds. The summed E-state index contributed by atoms with van der Waals surface area (Å²) in [5, 5.41) is 21.5. The minimum absolute atomic E-state index is 0.151. The van der Waals surface area contributed by atoms with Crippen molar-refractivity contribution in [3.63, 3.8) is 0 Å². The van der Waals surface area contributed by atoms with Gasteiger partial charge in [-0.2, -0.15) is 10.1 Å². The van der Waals surface area contributed by atoms with E-state index >= 15 is 0 Å². The predicted molar refractivity (Wildman–Crippen MR) is 133 cm³/mol. The number of aromatic nitrogens is 2. The standard InChI is InChI=1S/C21H20Cl2N6S2/c1-11-5-7-16(9-12(11)2)24-20(25-21-27-26-13(3)31-21)29-19(30-14(4)28-29)15-6-8-17(22)18(23)10-15/h5-10,19H,1-4H3,(H,24,25,27). The maximum Gasteiger partial charge on any atom is 0.234 e. The summed E-state index contributed by atoms with van der Waals surface area (Å²) in [5.41, 5.74) is 4.31. The van der Waals surface area contributed by atoms with Crippen LogP contribution < -0.4 is 5.32 Å². The number of rotatable bonds is 3. The van der Waals surface area contributed by atoms with E-state index in [-0.39, 0.29) is 5.37 Å². The van der Waals surface area contributed by atoms with Crippen LogP contribution in [0.3, 0.4) is 0 Å². The predicted octanol–water partition coefficient (Wildman–Crippen LogP) is 6.95. The van der Waals surface area contributed by atoms with Crippen LogP contribution in [0.4, 0.5) is 10.8 Å². The summed E-state index contributed by atoms with van der Waals surface area (Å²) < 4.78 is 0. The first-order valence-corrected chi connectivity index (χ1v) is 11.9. The number of thioether (sulfide) groups is 1. The SMILES string of the molecule is CC1=NN(/C(=N/c2nnc(C)s2)Nc2ccc(C)c(C)c2)C(c2ccc(Cl)c(Cl)c2)S1. The molecule has 2 aromatic carbocycles. The van der Waals surface area contributed by atoms with Crippen LogP contribution in [0.1, 0.15) is 34.0 Å². The highest BCUT2D eigenvalue weighted by atomic mass is 35.5. The Labute approximate surface area is 199 Å². The first-order chi connectivity index (χ1) is 14.8. The Morgan fingerprint density at radius 3 is 2.48 bits per heavy atom. The van der Waals surface area contributed by atoms with E-state index in [1.807, 2.05) is 37.1 Å². The van der Waals surface area contributed by atoms with Crippen LogP contribution in [0.25, 0.3) is 0 Å². The highest BCUT2D eigenvalue weighted by Crippen LogP contribution is 2.41. The number of aliphatic imine (C=N–C) groups is 1. The summed E-state index contributed by atoms with van der Waals surface area (Å²) in [5.74, 6) is 0.555. The molecule has 0 bridgehead atoms. The first kappa shape index (κ1) is 22.1. The average molecular weight is 491 g/mol. The molecule has 1 atom stereocenters. The van der Waals surface area contributed by atoms with Gasteiger partial charge in [-0.15, -0.1) is 10.2 Å². The van der Waals surface area contributed by atoms with E-state index in [9.17, 15) is 0 Å². The van der Waals surface area contributed by atoms with Crippen molar-refractivity contribution >= 4 is 68.1 Å². The van der Waals surface area contributed by atoms with Crippen molar-refractivity contribution in [2.75, 3.05) is 5.32 Å². The van der Waals surface area contributed by atoms with Gasteiger partial charge in [-0.3, -0.25) is 0 Å². The smallest absolute Gasteiger partial charge is 0.234 e. The van der Waals surface area contributed by atoms with Crippen LogP contribution in [-0.4, -0.2) is 26.2 Å². The van der Waals surface area contributed by atoms with Gasteiger partial charge in [0.05, 0.1) is 15.1 Å². The number of halogens is 2. The van der Waals surface area contributed by atoms with E-state index in [1.165, 1.54) is 22.5 Å². The van der Waals surface area contributed by atoms with E-state index in [1.54, 1.807) is 17.8 Å². The van der Waals surface area contributed by atoms with E-state index in [4.69, 9.17) is 33.3 Å². The molecule has 1 aliphatic heterocycles. The van der Waals surface area contributed by atoms with Crippen molar-refractivity contribution in [2.24, 2.45) is 10.1 Å². The number of nitrogens with zero attached hydrogens (tertiary/aromatic N) is 5. The van der Waals surface area contributed by atoms with Crippen molar-refractivity contribution < 1.29 is 0 Å². The Morgan fingerprint density at radius 1 is 1.00 bits per heavy atom. The van der Waals surface area contributed by atoms with Crippen molar-refractivity contribution in [3.05, 3.63) is 68.1 Å². The molecule has 0 radical (unpaired) electrons. The van der Waals surface area contributed by atoms with Gasteiger partial charge in [0.25, 0.3) is 0 Å². The van der Waals surface area contributed by atoms with Crippen LogP contribution in [0.15, 0.2) is 46.5 Å². The third-order valence-electron chi connectivity index (χ3n) is 4.68. The second-order valence-corrected chi connectivity index (χ2v) is 10.3. The largest absolute Gasteiger partial charge is 0.324 e. The molecule has 31 heavy (non-hydrogen) atoms. The van der Waals surface area contributed by atoms with Gasteiger partial charge in [-0.05, 0) is 68.7 Å². The number of nitrogens with one attached hydrogen (secondary N) is 1. The molecular weight excluding hydrogens is 471 g/mol. The van der Waals surface area contributed by atoms with Gasteiger partial charge in [0.1, 0.15) is 10.4 Å². The molecule has 0 aliphatic carbocycles. The molecule has 0 fully saturated rings. The number of hydrogen-bond acceptors (Lipinski definition) is 6. The van der Waals surface area contributed by atoms with Crippen LogP contribution >= 0.6 is 46.3 Å². The topological polar surface area (TPSA) is 65.8 Å². The van der Waals surface area contributed by atoms with Crippen molar-refractivity contribution in [2.45, 2.75) is 33.1 Å². The maximum absolute atomic E-state index is 6.29. The van der Waals surface area contributed by atoms with E-state index in [0.717, 1.165) is 21.3 Å². The number of anilines is 1. The van der Waals surface area contributed by atoms with Gasteiger partial charge in [0, 0.05) is 5.69 Å². The molecule has 1 aromatic heterocycles. The van der Waals surface area contributed by atoms with Crippen LogP contribution in [0.5, 0.6) is 0 Å². The molecule has 0 saturated carbocycles. The second kappa shape index (κ2) is 9.16. The molecule has 1 unspecified atom stereocenters. The van der Waals surface area contributed by atoms with Crippen LogP contribution in [0, 0.1) is 20.8 Å². The van der Waals surface area contributed by atoms with Crippen molar-refractivity contribution in [3.8, 4) is 0 Å². The van der Waals surface area contributed by atoms with E-state index < -0.39 is 0 Å². The molecule has 160 valence electrons. The molecule has 2 heterocycles. The van der Waals surface area contributed by atoms with Gasteiger partial charge < -0.3 is 5.32 Å². The monoisotopic (exact) mass is 490 g/mol. The Bertz CT molecular complexity index is 1190. The fourth-order valence-corrected chi connectivity index (χ4v) is 4.83. The normalized spacial score (nSPS) is 16.6. The Balaban J connectivity index is 1.75. The summed E-state index contributed by atoms with van der Waals surface area (Å²) in [7, 11) is 0. The third kappa shape index (κ3) is 5.03. The average Bonchev–Trinajstić information content (AvgIpc) is 3.31. The summed E-state index contributed by atoms with van der Waals surface area (Å²) >= 11 is 15.5. The zero-order valence-electron chi connectivity index (χ0n) is 17.3. The Hall–Kier alpha value is -2.13. The molecule has 3 aromatic rings. The summed E-state index contributed by atoms with van der Waals surface area (Å²) in [6.07, 6.45) is 0. The zero-order chi connectivity index (χ0) is 22.1.